The summed E-state index contributed by atoms with van der Waals surface area (Å²) in [5.74, 6) is 0.340. The number of para-hydroxylation sites is 1. The number of hydrogen-bond donors (Lipinski definition) is 2. The molecule has 0 amide bonds. The fraction of sp³-hybridized carbons (Fsp3) is 0.400. The van der Waals surface area contributed by atoms with E-state index in [0.29, 0.717) is 5.75 Å². The summed E-state index contributed by atoms with van der Waals surface area (Å²) in [6.45, 7) is 3.88. The predicted molar refractivity (Wildman–Crippen MR) is 50.1 cm³/mol. The summed E-state index contributed by atoms with van der Waals surface area (Å²) in [5, 5.41) is 9.62. The molecule has 0 saturated heterocycles. The second-order valence-corrected chi connectivity index (χ2v) is 3.03. The van der Waals surface area contributed by atoms with Gasteiger partial charge in [-0.1, -0.05) is 25.1 Å². The van der Waals surface area contributed by atoms with E-state index >= 15 is 0 Å². The second-order valence-electron chi connectivity index (χ2n) is 3.03. The quantitative estimate of drug-likeness (QED) is 0.705. The zero-order valence-corrected chi connectivity index (χ0v) is 7.54. The number of phenolic OH excluding ortho intramolecular Hbond substituents is 1. The molecule has 0 bridgehead atoms. The van der Waals surface area contributed by atoms with Crippen LogP contribution in [0.25, 0.3) is 0 Å². The van der Waals surface area contributed by atoms with Gasteiger partial charge in [0.1, 0.15) is 5.75 Å². The lowest BCUT2D eigenvalue weighted by Crippen LogP contribution is -2.08. The van der Waals surface area contributed by atoms with Gasteiger partial charge in [0.15, 0.2) is 0 Å². The van der Waals surface area contributed by atoms with Crippen molar-refractivity contribution in [1.82, 2.24) is 0 Å². The number of benzene rings is 1. The molecule has 0 aliphatic heterocycles. The smallest absolute Gasteiger partial charge is 0.123 e. The first-order chi connectivity index (χ1) is 5.66. The molecular formula is C10H15NO. The molecule has 0 aliphatic rings. The molecule has 0 fully saturated rings. The minimum atomic E-state index is -0.0510. The maximum Gasteiger partial charge on any atom is 0.123 e. The van der Waals surface area contributed by atoms with Crippen LogP contribution in [0, 0.1) is 6.92 Å². The maximum atomic E-state index is 9.62. The van der Waals surface area contributed by atoms with Gasteiger partial charge in [0.25, 0.3) is 0 Å². The van der Waals surface area contributed by atoms with Crippen LogP contribution in [-0.4, -0.2) is 5.11 Å². The molecule has 1 aromatic carbocycles. The lowest BCUT2D eigenvalue weighted by molar-refractivity contribution is 0.456. The molecule has 0 aliphatic carbocycles. The van der Waals surface area contributed by atoms with E-state index in [2.05, 4.69) is 0 Å². The fourth-order valence-corrected chi connectivity index (χ4v) is 1.20. The summed E-state index contributed by atoms with van der Waals surface area (Å²) in [4.78, 5) is 0. The molecule has 66 valence electrons. The summed E-state index contributed by atoms with van der Waals surface area (Å²) in [5.41, 5.74) is 7.53. The minimum absolute atomic E-state index is 0.0510. The molecule has 1 rings (SSSR count). The van der Waals surface area contributed by atoms with Gasteiger partial charge < -0.3 is 10.8 Å². The number of nitrogens with two attached hydrogens (primary N) is 1. The van der Waals surface area contributed by atoms with Crippen molar-refractivity contribution in [2.24, 2.45) is 5.73 Å². The summed E-state index contributed by atoms with van der Waals surface area (Å²) >= 11 is 0. The molecule has 1 atom stereocenters. The number of aryl methyl sites for hydroxylation is 1. The highest BCUT2D eigenvalue weighted by atomic mass is 16.3. The van der Waals surface area contributed by atoms with Crippen LogP contribution in [-0.2, 0) is 0 Å². The monoisotopic (exact) mass is 165 g/mol. The molecule has 0 unspecified atom stereocenters. The van der Waals surface area contributed by atoms with Crippen LogP contribution in [0.5, 0.6) is 5.75 Å². The van der Waals surface area contributed by atoms with Crippen molar-refractivity contribution >= 4 is 0 Å². The Morgan fingerprint density at radius 2 is 2.17 bits per heavy atom. The normalized spacial score (nSPS) is 12.9. The number of phenols is 1. The molecule has 2 nitrogen and oxygen atoms in total. The molecule has 1 aromatic rings. The molecule has 3 N–H and O–H groups in total. The Bertz CT molecular complexity index is 271. The van der Waals surface area contributed by atoms with Crippen LogP contribution in [0.15, 0.2) is 18.2 Å². The Kier molecular flexibility index (Phi) is 2.71. The lowest BCUT2D eigenvalue weighted by atomic mass is 10.0. The highest BCUT2D eigenvalue weighted by Crippen LogP contribution is 2.27. The third-order valence-corrected chi connectivity index (χ3v) is 2.11. The summed E-state index contributed by atoms with van der Waals surface area (Å²) in [7, 11) is 0. The molecule has 12 heavy (non-hydrogen) atoms. The van der Waals surface area contributed by atoms with E-state index in [1.165, 1.54) is 0 Å². The van der Waals surface area contributed by atoms with Gasteiger partial charge in [-0.2, -0.15) is 0 Å². The predicted octanol–water partition coefficient (Wildman–Crippen LogP) is 2.11. The van der Waals surface area contributed by atoms with Crippen LogP contribution in [0.2, 0.25) is 0 Å². The van der Waals surface area contributed by atoms with Gasteiger partial charge >= 0.3 is 0 Å². The van der Waals surface area contributed by atoms with Crippen molar-refractivity contribution < 1.29 is 5.11 Å². The van der Waals surface area contributed by atoms with E-state index < -0.39 is 0 Å². The van der Waals surface area contributed by atoms with E-state index in [1.54, 1.807) is 0 Å². The van der Waals surface area contributed by atoms with E-state index in [9.17, 15) is 5.11 Å². The molecule has 0 radical (unpaired) electrons. The molecular weight excluding hydrogens is 150 g/mol. The van der Waals surface area contributed by atoms with E-state index in [-0.39, 0.29) is 6.04 Å². The lowest BCUT2D eigenvalue weighted by Gasteiger charge is -2.12. The Balaban J connectivity index is 3.07. The molecule has 0 saturated carbocycles. The van der Waals surface area contributed by atoms with Gasteiger partial charge in [0.2, 0.25) is 0 Å². The summed E-state index contributed by atoms with van der Waals surface area (Å²) in [6, 6.07) is 5.61. The minimum Gasteiger partial charge on any atom is -0.507 e. The Hall–Kier alpha value is -1.02. The summed E-state index contributed by atoms with van der Waals surface area (Å²) < 4.78 is 0. The van der Waals surface area contributed by atoms with Crippen molar-refractivity contribution in [2.75, 3.05) is 0 Å². The van der Waals surface area contributed by atoms with Gasteiger partial charge in [-0.05, 0) is 18.9 Å². The fourth-order valence-electron chi connectivity index (χ4n) is 1.20. The first-order valence-electron chi connectivity index (χ1n) is 4.20. The standard InChI is InChI=1S/C10H15NO/c1-3-9(11)8-6-4-5-7(2)10(8)12/h4-6,9,12H,3,11H2,1-2H3/t9-/m1/s1. The zero-order chi connectivity index (χ0) is 9.14. The van der Waals surface area contributed by atoms with Crippen LogP contribution < -0.4 is 5.73 Å². The first-order valence-corrected chi connectivity index (χ1v) is 4.20. The highest BCUT2D eigenvalue weighted by molar-refractivity contribution is 5.41. The average molecular weight is 165 g/mol. The third-order valence-electron chi connectivity index (χ3n) is 2.11. The number of hydrogen-bond acceptors (Lipinski definition) is 2. The maximum absolute atomic E-state index is 9.62. The van der Waals surface area contributed by atoms with Crippen LogP contribution in [0.1, 0.15) is 30.5 Å². The van der Waals surface area contributed by atoms with Gasteiger partial charge in [-0.25, -0.2) is 0 Å². The van der Waals surface area contributed by atoms with Gasteiger partial charge in [-0.15, -0.1) is 0 Å². The van der Waals surface area contributed by atoms with Crippen molar-refractivity contribution in [3.05, 3.63) is 29.3 Å². The number of aromatic hydroxyl groups is 1. The van der Waals surface area contributed by atoms with Gasteiger partial charge in [-0.3, -0.25) is 0 Å². The van der Waals surface area contributed by atoms with Crippen molar-refractivity contribution in [1.29, 1.82) is 0 Å². The Morgan fingerprint density at radius 3 is 2.75 bits per heavy atom. The van der Waals surface area contributed by atoms with Crippen molar-refractivity contribution in [3.63, 3.8) is 0 Å². The molecule has 2 heteroatoms. The zero-order valence-electron chi connectivity index (χ0n) is 7.54. The Labute approximate surface area is 73.0 Å². The molecule has 0 heterocycles. The van der Waals surface area contributed by atoms with Gasteiger partial charge in [0, 0.05) is 11.6 Å². The van der Waals surface area contributed by atoms with E-state index in [4.69, 9.17) is 5.73 Å². The van der Waals surface area contributed by atoms with E-state index in [0.717, 1.165) is 17.5 Å². The van der Waals surface area contributed by atoms with Crippen LogP contribution in [0.4, 0.5) is 0 Å². The molecule has 0 spiro atoms. The van der Waals surface area contributed by atoms with Crippen molar-refractivity contribution in [3.8, 4) is 5.75 Å². The third kappa shape index (κ3) is 1.59. The number of rotatable bonds is 2. The average Bonchev–Trinajstić information content (AvgIpc) is 2.08. The molecule has 0 aromatic heterocycles. The topological polar surface area (TPSA) is 46.2 Å². The first kappa shape index (κ1) is 9.07. The van der Waals surface area contributed by atoms with E-state index in [1.807, 2.05) is 32.0 Å². The SMILES string of the molecule is CC[C@@H](N)c1cccc(C)c1O. The second kappa shape index (κ2) is 3.59. The van der Waals surface area contributed by atoms with Crippen molar-refractivity contribution in [2.45, 2.75) is 26.3 Å². The van der Waals surface area contributed by atoms with Crippen LogP contribution >= 0.6 is 0 Å². The van der Waals surface area contributed by atoms with Gasteiger partial charge in [0.05, 0.1) is 0 Å². The summed E-state index contributed by atoms with van der Waals surface area (Å²) in [6.07, 6.45) is 0.844. The Morgan fingerprint density at radius 1 is 1.50 bits per heavy atom. The van der Waals surface area contributed by atoms with Crippen LogP contribution in [0.3, 0.4) is 0 Å². The largest absolute Gasteiger partial charge is 0.507 e. The highest BCUT2D eigenvalue weighted by Gasteiger charge is 2.09.